The fraction of sp³-hybridized carbons (Fsp3) is 0.182. The number of amides is 1. The van der Waals surface area contributed by atoms with Gasteiger partial charge in [0.05, 0.1) is 16.6 Å². The number of pyridine rings is 1. The summed E-state index contributed by atoms with van der Waals surface area (Å²) in [6.45, 7) is 0. The van der Waals surface area contributed by atoms with Gasteiger partial charge in [-0.15, -0.1) is 0 Å². The van der Waals surface area contributed by atoms with Crippen molar-refractivity contribution in [1.82, 2.24) is 15.0 Å². The highest BCUT2D eigenvalue weighted by atomic mass is 32.2. The van der Waals surface area contributed by atoms with E-state index < -0.39 is 16.1 Å². The lowest BCUT2D eigenvalue weighted by Crippen LogP contribution is -2.30. The Bertz CT molecular complexity index is 1060. The normalized spacial score (nSPS) is 14.9. The molecular formula is C22H21N3O3S. The van der Waals surface area contributed by atoms with E-state index in [1.54, 1.807) is 18.3 Å². The van der Waals surface area contributed by atoms with E-state index in [0.717, 1.165) is 18.4 Å². The highest BCUT2D eigenvalue weighted by Gasteiger charge is 2.28. The maximum atomic E-state index is 13.0. The third-order valence-electron chi connectivity index (χ3n) is 4.70. The molecule has 0 saturated heterocycles. The van der Waals surface area contributed by atoms with Crippen LogP contribution in [0.25, 0.3) is 0 Å². The first-order valence-electron chi connectivity index (χ1n) is 9.42. The molecule has 0 aliphatic heterocycles. The molecule has 4 rings (SSSR count). The van der Waals surface area contributed by atoms with Gasteiger partial charge in [0.15, 0.2) is 0 Å². The van der Waals surface area contributed by atoms with Crippen molar-refractivity contribution in [2.75, 3.05) is 0 Å². The topological polar surface area (TPSA) is 88.2 Å². The van der Waals surface area contributed by atoms with Crippen molar-refractivity contribution in [3.05, 3.63) is 95.8 Å². The van der Waals surface area contributed by atoms with E-state index >= 15 is 0 Å². The molecule has 1 atom stereocenters. The van der Waals surface area contributed by atoms with Gasteiger partial charge in [-0.05, 0) is 48.7 Å². The van der Waals surface area contributed by atoms with Crippen LogP contribution in [0, 0.1) is 0 Å². The zero-order valence-electron chi connectivity index (χ0n) is 15.7. The number of nitrogens with zero attached hydrogens (tertiary/aromatic N) is 1. The van der Waals surface area contributed by atoms with E-state index in [4.69, 9.17) is 0 Å². The van der Waals surface area contributed by atoms with Crippen molar-refractivity contribution in [2.24, 2.45) is 0 Å². The molecule has 148 valence electrons. The molecule has 3 aromatic rings. The maximum absolute atomic E-state index is 13.0. The maximum Gasteiger partial charge on any atom is 0.252 e. The predicted molar refractivity (Wildman–Crippen MR) is 110 cm³/mol. The summed E-state index contributed by atoms with van der Waals surface area (Å²) in [6, 6.07) is 20.7. The average Bonchev–Trinajstić information content (AvgIpc) is 3.56. The molecule has 1 aliphatic carbocycles. The van der Waals surface area contributed by atoms with E-state index in [1.807, 2.05) is 48.5 Å². The van der Waals surface area contributed by atoms with Gasteiger partial charge in [-0.2, -0.15) is 0 Å². The van der Waals surface area contributed by atoms with Crippen LogP contribution in [0.4, 0.5) is 0 Å². The van der Waals surface area contributed by atoms with Gasteiger partial charge >= 0.3 is 0 Å². The van der Waals surface area contributed by atoms with Crippen molar-refractivity contribution in [3.8, 4) is 0 Å². The molecule has 0 unspecified atom stereocenters. The van der Waals surface area contributed by atoms with Gasteiger partial charge in [0.2, 0.25) is 10.0 Å². The van der Waals surface area contributed by atoms with E-state index in [2.05, 4.69) is 15.0 Å². The first kappa shape index (κ1) is 19.3. The van der Waals surface area contributed by atoms with Crippen LogP contribution in [0.2, 0.25) is 0 Å². The van der Waals surface area contributed by atoms with Crippen molar-refractivity contribution in [3.63, 3.8) is 0 Å². The first-order chi connectivity index (χ1) is 14.0. The zero-order chi connectivity index (χ0) is 20.3. The highest BCUT2D eigenvalue weighted by Crippen LogP contribution is 2.23. The number of nitrogens with one attached hydrogen (secondary N) is 2. The van der Waals surface area contributed by atoms with Crippen LogP contribution in [0.3, 0.4) is 0 Å². The van der Waals surface area contributed by atoms with Crippen LogP contribution in [0.5, 0.6) is 0 Å². The first-order valence-corrected chi connectivity index (χ1v) is 10.9. The second-order valence-electron chi connectivity index (χ2n) is 7.00. The summed E-state index contributed by atoms with van der Waals surface area (Å²) in [5.74, 6) is -0.368. The smallest absolute Gasteiger partial charge is 0.252 e. The predicted octanol–water partition coefficient (Wildman–Crippen LogP) is 3.04. The number of hydrogen-bond acceptors (Lipinski definition) is 4. The Morgan fingerprint density at radius 3 is 2.41 bits per heavy atom. The second kappa shape index (κ2) is 8.14. The number of carbonyl (C=O) groups excluding carboxylic acids is 1. The Labute approximate surface area is 170 Å². The molecule has 0 spiro atoms. The second-order valence-corrected chi connectivity index (χ2v) is 8.71. The van der Waals surface area contributed by atoms with Gasteiger partial charge in [0, 0.05) is 17.8 Å². The van der Waals surface area contributed by atoms with Crippen molar-refractivity contribution >= 4 is 15.9 Å². The quantitative estimate of drug-likeness (QED) is 0.630. The molecule has 0 radical (unpaired) electrons. The SMILES string of the molecule is O=C(N[C@@H](c1ccccc1)c1ccccn1)c1cccc(S(=O)(=O)NC2CC2)c1. The van der Waals surface area contributed by atoms with E-state index in [0.29, 0.717) is 5.69 Å². The number of hydrogen-bond donors (Lipinski definition) is 2. The summed E-state index contributed by atoms with van der Waals surface area (Å²) < 4.78 is 27.6. The van der Waals surface area contributed by atoms with Crippen LogP contribution in [-0.2, 0) is 10.0 Å². The summed E-state index contributed by atoms with van der Waals surface area (Å²) in [7, 11) is -3.63. The highest BCUT2D eigenvalue weighted by molar-refractivity contribution is 7.89. The zero-order valence-corrected chi connectivity index (χ0v) is 16.5. The van der Waals surface area contributed by atoms with Crippen molar-refractivity contribution in [1.29, 1.82) is 0 Å². The Kier molecular flexibility index (Phi) is 5.42. The number of rotatable bonds is 7. The van der Waals surface area contributed by atoms with Gasteiger partial charge in [0.1, 0.15) is 0 Å². The number of benzene rings is 2. The molecular weight excluding hydrogens is 386 g/mol. The molecule has 1 aliphatic rings. The molecule has 1 heterocycles. The van der Waals surface area contributed by atoms with E-state index in [-0.39, 0.29) is 22.4 Å². The Morgan fingerprint density at radius 2 is 1.72 bits per heavy atom. The van der Waals surface area contributed by atoms with Gasteiger partial charge in [0.25, 0.3) is 5.91 Å². The molecule has 2 aromatic carbocycles. The minimum absolute atomic E-state index is 0.00380. The Morgan fingerprint density at radius 1 is 0.966 bits per heavy atom. The molecule has 0 bridgehead atoms. The fourth-order valence-electron chi connectivity index (χ4n) is 3.03. The molecule has 6 nitrogen and oxygen atoms in total. The van der Waals surface area contributed by atoms with Crippen molar-refractivity contribution in [2.45, 2.75) is 29.8 Å². The Balaban J connectivity index is 1.60. The lowest BCUT2D eigenvalue weighted by Gasteiger charge is -2.19. The summed E-state index contributed by atoms with van der Waals surface area (Å²) >= 11 is 0. The molecule has 1 aromatic heterocycles. The minimum atomic E-state index is -3.63. The summed E-state index contributed by atoms with van der Waals surface area (Å²) in [5, 5.41) is 2.98. The van der Waals surface area contributed by atoms with Crippen LogP contribution in [0.15, 0.2) is 83.9 Å². The lowest BCUT2D eigenvalue weighted by atomic mass is 10.0. The number of aromatic nitrogens is 1. The van der Waals surface area contributed by atoms with Crippen LogP contribution >= 0.6 is 0 Å². The summed E-state index contributed by atoms with van der Waals surface area (Å²) in [5.41, 5.74) is 1.87. The lowest BCUT2D eigenvalue weighted by molar-refractivity contribution is 0.0942. The number of carbonyl (C=O) groups is 1. The van der Waals surface area contributed by atoms with Gasteiger partial charge in [-0.3, -0.25) is 9.78 Å². The molecule has 2 N–H and O–H groups in total. The third-order valence-corrected chi connectivity index (χ3v) is 6.22. The largest absolute Gasteiger partial charge is 0.340 e. The third kappa shape index (κ3) is 4.70. The molecule has 29 heavy (non-hydrogen) atoms. The summed E-state index contributed by atoms with van der Waals surface area (Å²) in [6.07, 6.45) is 3.37. The van der Waals surface area contributed by atoms with Crippen LogP contribution < -0.4 is 10.0 Å². The van der Waals surface area contributed by atoms with Gasteiger partial charge in [-0.1, -0.05) is 42.5 Å². The van der Waals surface area contributed by atoms with Crippen molar-refractivity contribution < 1.29 is 13.2 Å². The Hall–Kier alpha value is -3.03. The van der Waals surface area contributed by atoms with Gasteiger partial charge < -0.3 is 5.32 Å². The van der Waals surface area contributed by atoms with Gasteiger partial charge in [-0.25, -0.2) is 13.1 Å². The number of sulfonamides is 1. The summed E-state index contributed by atoms with van der Waals surface area (Å²) in [4.78, 5) is 17.4. The minimum Gasteiger partial charge on any atom is -0.340 e. The molecule has 7 heteroatoms. The molecule has 1 saturated carbocycles. The van der Waals surface area contributed by atoms with Crippen LogP contribution in [0.1, 0.15) is 40.5 Å². The monoisotopic (exact) mass is 407 g/mol. The molecule has 1 fully saturated rings. The van der Waals surface area contributed by atoms with E-state index in [1.165, 1.54) is 12.1 Å². The molecule has 1 amide bonds. The average molecular weight is 407 g/mol. The van der Waals surface area contributed by atoms with E-state index in [9.17, 15) is 13.2 Å². The standard InChI is InChI=1S/C22H21N3O3S/c26-22(17-9-6-10-19(15-17)29(27,28)25-18-12-13-18)24-21(16-7-2-1-3-8-16)20-11-4-5-14-23-20/h1-11,14-15,18,21,25H,12-13H2,(H,24,26)/t21-/m0/s1. The van der Waals surface area contributed by atoms with Crippen LogP contribution in [-0.4, -0.2) is 25.4 Å². The fourth-order valence-corrected chi connectivity index (χ4v) is 4.38.